The van der Waals surface area contributed by atoms with Gasteiger partial charge < -0.3 is 9.88 Å². The number of fused-ring (bicyclic) bond motifs is 2. The van der Waals surface area contributed by atoms with Crippen molar-refractivity contribution >= 4 is 33.9 Å². The van der Waals surface area contributed by atoms with E-state index in [0.717, 1.165) is 81.0 Å². The maximum absolute atomic E-state index is 12.9. The van der Waals surface area contributed by atoms with E-state index in [2.05, 4.69) is 87.6 Å². The molecule has 1 amide bonds. The van der Waals surface area contributed by atoms with E-state index in [1.54, 1.807) is 0 Å². The molecule has 44 heavy (non-hydrogen) atoms. The number of aromatic nitrogens is 4. The molecule has 0 radical (unpaired) electrons. The zero-order valence-electron chi connectivity index (χ0n) is 25.1. The number of H-pyrrole nitrogens is 1. The van der Waals surface area contributed by atoms with Crippen molar-refractivity contribution in [2.75, 3.05) is 5.32 Å². The summed E-state index contributed by atoms with van der Waals surface area (Å²) in [5.74, 6) is 0.119. The summed E-state index contributed by atoms with van der Waals surface area (Å²) in [5, 5.41) is 12.1. The lowest BCUT2D eigenvalue weighted by Gasteiger charge is -2.25. The smallest absolute Gasteiger partial charge is 0.255 e. The predicted molar refractivity (Wildman–Crippen MR) is 177 cm³/mol. The molecule has 6 aromatic rings. The number of rotatable bonds is 7. The fourth-order valence-corrected chi connectivity index (χ4v) is 6.15. The van der Waals surface area contributed by atoms with Crippen molar-refractivity contribution < 1.29 is 4.79 Å². The molecule has 7 heteroatoms. The number of imidazole rings is 1. The monoisotopic (exact) mass is 578 g/mol. The third-order valence-electron chi connectivity index (χ3n) is 8.53. The van der Waals surface area contributed by atoms with Crippen LogP contribution in [0.3, 0.4) is 0 Å². The summed E-state index contributed by atoms with van der Waals surface area (Å²) in [7, 11) is 0. The van der Waals surface area contributed by atoms with Crippen molar-refractivity contribution in [2.45, 2.75) is 40.0 Å². The molecule has 2 N–H and O–H groups in total. The van der Waals surface area contributed by atoms with Crippen molar-refractivity contribution in [3.05, 3.63) is 126 Å². The Hall–Kier alpha value is -5.30. The molecule has 7 rings (SSSR count). The Labute approximate surface area is 256 Å². The van der Waals surface area contributed by atoms with Crippen LogP contribution >= 0.6 is 0 Å². The van der Waals surface area contributed by atoms with E-state index in [4.69, 9.17) is 4.99 Å². The molecule has 7 nitrogen and oxygen atoms in total. The highest BCUT2D eigenvalue weighted by Gasteiger charge is 2.28. The second-order valence-electron chi connectivity index (χ2n) is 11.4. The summed E-state index contributed by atoms with van der Waals surface area (Å²) < 4.78 is 2.10. The predicted octanol–water partition coefficient (Wildman–Crippen LogP) is 8.24. The van der Waals surface area contributed by atoms with Crippen molar-refractivity contribution in [1.29, 1.82) is 0 Å². The molecular weight excluding hydrogens is 544 g/mol. The number of aromatic amines is 1. The Morgan fingerprint density at radius 1 is 0.977 bits per heavy atom. The van der Waals surface area contributed by atoms with Gasteiger partial charge in [0.25, 0.3) is 5.91 Å². The van der Waals surface area contributed by atoms with Gasteiger partial charge in [-0.3, -0.25) is 14.9 Å². The van der Waals surface area contributed by atoms with E-state index in [0.29, 0.717) is 5.56 Å². The zero-order chi connectivity index (χ0) is 30.2. The fraction of sp³-hybridized carbons (Fsp3) is 0.189. The van der Waals surface area contributed by atoms with Crippen LogP contribution in [0, 0.1) is 12.8 Å². The van der Waals surface area contributed by atoms with E-state index >= 15 is 0 Å². The maximum atomic E-state index is 12.9. The Morgan fingerprint density at radius 2 is 1.84 bits per heavy atom. The van der Waals surface area contributed by atoms with Gasteiger partial charge in [0, 0.05) is 34.3 Å². The first kappa shape index (κ1) is 27.5. The zero-order valence-corrected chi connectivity index (χ0v) is 25.1. The molecule has 2 aromatic heterocycles. The minimum Gasteiger partial charge on any atom is -0.322 e. The van der Waals surface area contributed by atoms with Gasteiger partial charge in [0.2, 0.25) is 0 Å². The molecule has 0 bridgehead atoms. The molecule has 0 saturated carbocycles. The Bertz CT molecular complexity index is 2030. The largest absolute Gasteiger partial charge is 0.322 e. The number of benzene rings is 4. The van der Waals surface area contributed by atoms with Gasteiger partial charge in [0.1, 0.15) is 0 Å². The second-order valence-corrected chi connectivity index (χ2v) is 11.4. The summed E-state index contributed by atoms with van der Waals surface area (Å²) in [6, 6.07) is 28.2. The first-order valence-corrected chi connectivity index (χ1v) is 15.2. The van der Waals surface area contributed by atoms with Crippen molar-refractivity contribution in [3.8, 4) is 16.8 Å². The third-order valence-corrected chi connectivity index (χ3v) is 8.53. The van der Waals surface area contributed by atoms with Gasteiger partial charge in [-0.2, -0.15) is 5.10 Å². The maximum Gasteiger partial charge on any atom is 0.255 e. The number of nitrogens with zero attached hydrogens (tertiary/aromatic N) is 4. The van der Waals surface area contributed by atoms with Crippen LogP contribution in [-0.4, -0.2) is 31.4 Å². The summed E-state index contributed by atoms with van der Waals surface area (Å²) in [6.07, 6.45) is 6.64. The van der Waals surface area contributed by atoms with Gasteiger partial charge in [-0.25, -0.2) is 4.98 Å². The van der Waals surface area contributed by atoms with E-state index in [1.807, 2.05) is 55.7 Å². The molecule has 1 atom stereocenters. The fourth-order valence-electron chi connectivity index (χ4n) is 6.15. The lowest BCUT2D eigenvalue weighted by atomic mass is 9.85. The summed E-state index contributed by atoms with van der Waals surface area (Å²) in [5.41, 5.74) is 11.9. The van der Waals surface area contributed by atoms with Gasteiger partial charge in [0.05, 0.1) is 40.3 Å². The standard InChI is InChI=1S/C37H34N6O/c1-4-24-16-28(18-29(17-24)39-37(44)26-10-7-6-8-11-26)27-14-15-33-31(20-27)36(42-41-33)35-25(5-2)19-30-32(40-35)12-9-13-34(30)43-21-23(3)38-22-43/h6-18,20-22,25H,4-5,19H2,1-3H3,(H,39,44)(H,41,42). The van der Waals surface area contributed by atoms with E-state index in [1.165, 1.54) is 5.56 Å². The molecule has 218 valence electrons. The molecule has 0 saturated heterocycles. The SMILES string of the molecule is CCc1cc(NC(=O)c2ccccc2)cc(-c2ccc3n[nH]c(C4=Nc5cccc(-n6cnc(C)c6)c5CC4CC)c3c2)c1. The Balaban J connectivity index is 1.28. The van der Waals surface area contributed by atoms with E-state index in [9.17, 15) is 4.79 Å². The number of anilines is 1. The average Bonchev–Trinajstić information content (AvgIpc) is 3.69. The molecule has 0 spiro atoms. The van der Waals surface area contributed by atoms with Crippen LogP contribution < -0.4 is 5.32 Å². The number of aryl methyl sites for hydroxylation is 2. The first-order chi connectivity index (χ1) is 21.5. The van der Waals surface area contributed by atoms with Gasteiger partial charge >= 0.3 is 0 Å². The molecular formula is C37H34N6O. The number of carbonyl (C=O) groups excluding carboxylic acids is 1. The molecule has 1 aliphatic heterocycles. The molecule has 0 fully saturated rings. The quantitative estimate of drug-likeness (QED) is 0.200. The number of amides is 1. The number of nitrogens with one attached hydrogen (secondary N) is 2. The highest BCUT2D eigenvalue weighted by atomic mass is 16.1. The van der Waals surface area contributed by atoms with Crippen LogP contribution in [0.15, 0.2) is 102 Å². The van der Waals surface area contributed by atoms with Gasteiger partial charge in [-0.1, -0.05) is 50.2 Å². The molecule has 3 heterocycles. The molecule has 4 aromatic carbocycles. The number of hydrogen-bond donors (Lipinski definition) is 2. The van der Waals surface area contributed by atoms with Crippen molar-refractivity contribution in [1.82, 2.24) is 19.7 Å². The summed E-state index contributed by atoms with van der Waals surface area (Å²) >= 11 is 0. The summed E-state index contributed by atoms with van der Waals surface area (Å²) in [6.45, 7) is 6.36. The first-order valence-electron chi connectivity index (χ1n) is 15.2. The topological polar surface area (TPSA) is 88.0 Å². The lowest BCUT2D eigenvalue weighted by molar-refractivity contribution is 0.102. The van der Waals surface area contributed by atoms with Crippen LogP contribution in [0.5, 0.6) is 0 Å². The number of hydrogen-bond acceptors (Lipinski definition) is 4. The Kier molecular flexibility index (Phi) is 7.14. The van der Waals surface area contributed by atoms with Crippen LogP contribution in [0.1, 0.15) is 53.1 Å². The lowest BCUT2D eigenvalue weighted by Crippen LogP contribution is -2.22. The van der Waals surface area contributed by atoms with Crippen LogP contribution in [0.2, 0.25) is 0 Å². The van der Waals surface area contributed by atoms with Gasteiger partial charge in [-0.05, 0) is 91.4 Å². The van der Waals surface area contributed by atoms with Gasteiger partial charge in [0.15, 0.2) is 0 Å². The van der Waals surface area contributed by atoms with Crippen LogP contribution in [-0.2, 0) is 12.8 Å². The number of carbonyl (C=O) groups is 1. The van der Waals surface area contributed by atoms with Crippen LogP contribution in [0.4, 0.5) is 11.4 Å². The Morgan fingerprint density at radius 3 is 2.61 bits per heavy atom. The highest BCUT2D eigenvalue weighted by molar-refractivity contribution is 6.12. The normalized spacial score (nSPS) is 14.3. The number of aliphatic imine (C=N–C) groups is 1. The highest BCUT2D eigenvalue weighted by Crippen LogP contribution is 2.38. The minimum atomic E-state index is -0.120. The molecule has 1 unspecified atom stereocenters. The summed E-state index contributed by atoms with van der Waals surface area (Å²) in [4.78, 5) is 22.6. The average molecular weight is 579 g/mol. The van der Waals surface area contributed by atoms with Crippen molar-refractivity contribution in [3.63, 3.8) is 0 Å². The molecule has 1 aliphatic rings. The van der Waals surface area contributed by atoms with Crippen LogP contribution in [0.25, 0.3) is 27.7 Å². The van der Waals surface area contributed by atoms with E-state index in [-0.39, 0.29) is 11.8 Å². The van der Waals surface area contributed by atoms with Gasteiger partial charge in [-0.15, -0.1) is 0 Å². The second kappa shape index (κ2) is 11.4. The van der Waals surface area contributed by atoms with E-state index < -0.39 is 0 Å². The molecule has 0 aliphatic carbocycles. The minimum absolute atomic E-state index is 0.120. The third kappa shape index (κ3) is 5.11. The van der Waals surface area contributed by atoms with Crippen molar-refractivity contribution in [2.24, 2.45) is 10.9 Å².